The average molecular weight is 301 g/mol. The van der Waals surface area contributed by atoms with Crippen LogP contribution in [0.15, 0.2) is 4.79 Å². The van der Waals surface area contributed by atoms with Gasteiger partial charge in [0.1, 0.15) is 11.6 Å². The molecule has 1 N–H and O–H groups in total. The maximum Gasteiger partial charge on any atom is 0.266 e. The molecule has 1 aromatic rings. The van der Waals surface area contributed by atoms with Crippen LogP contribution in [0.3, 0.4) is 0 Å². The number of nitrogens with one attached hydrogen (secondary N) is 1. The first-order valence-electron chi connectivity index (χ1n) is 7.83. The Hall–Kier alpha value is -2.09. The number of amides is 1. The summed E-state index contributed by atoms with van der Waals surface area (Å²) < 4.78 is 0. The molecule has 0 radical (unpaired) electrons. The minimum atomic E-state index is -0.351. The van der Waals surface area contributed by atoms with E-state index in [1.165, 1.54) is 12.8 Å². The van der Waals surface area contributed by atoms with E-state index in [1.807, 2.05) is 24.9 Å². The molecular formula is C17H23N3O2. The van der Waals surface area contributed by atoms with Crippen LogP contribution in [0.1, 0.15) is 54.5 Å². The van der Waals surface area contributed by atoms with E-state index < -0.39 is 0 Å². The minimum Gasteiger partial charge on any atom is -0.343 e. The van der Waals surface area contributed by atoms with Gasteiger partial charge in [0.25, 0.3) is 5.56 Å². The molecule has 2 rings (SSSR count). The number of hydrogen-bond donors (Lipinski definition) is 1. The van der Waals surface area contributed by atoms with Gasteiger partial charge in [0, 0.05) is 25.2 Å². The number of rotatable bonds is 4. The molecule has 0 atom stereocenters. The number of nitrogens with zero attached hydrogens (tertiary/aromatic N) is 2. The summed E-state index contributed by atoms with van der Waals surface area (Å²) in [6, 6.07) is 2.32. The Labute approximate surface area is 130 Å². The van der Waals surface area contributed by atoms with Crippen LogP contribution in [-0.2, 0) is 11.2 Å². The Morgan fingerprint density at radius 1 is 1.36 bits per heavy atom. The lowest BCUT2D eigenvalue weighted by molar-refractivity contribution is -0.131. The molecule has 1 aliphatic carbocycles. The zero-order valence-electron chi connectivity index (χ0n) is 13.5. The molecule has 5 heteroatoms. The van der Waals surface area contributed by atoms with Gasteiger partial charge in [-0.3, -0.25) is 9.59 Å². The van der Waals surface area contributed by atoms with Crippen LogP contribution in [0.5, 0.6) is 0 Å². The zero-order valence-corrected chi connectivity index (χ0v) is 13.5. The molecule has 1 saturated carbocycles. The highest BCUT2D eigenvalue weighted by Crippen LogP contribution is 2.23. The highest BCUT2D eigenvalue weighted by molar-refractivity contribution is 5.76. The summed E-state index contributed by atoms with van der Waals surface area (Å²) in [5.74, 6) is 0.135. The summed E-state index contributed by atoms with van der Waals surface area (Å²) in [5.41, 5.74) is 2.15. The van der Waals surface area contributed by atoms with Gasteiger partial charge in [-0.05, 0) is 44.2 Å². The number of H-pyrrole nitrogens is 1. The molecule has 1 amide bonds. The molecule has 5 nitrogen and oxygen atoms in total. The smallest absolute Gasteiger partial charge is 0.266 e. The first kappa shape index (κ1) is 16.3. The van der Waals surface area contributed by atoms with Crippen molar-refractivity contribution >= 4 is 5.91 Å². The summed E-state index contributed by atoms with van der Waals surface area (Å²) in [5, 5.41) is 9.08. The van der Waals surface area contributed by atoms with Gasteiger partial charge in [0.05, 0.1) is 0 Å². The van der Waals surface area contributed by atoms with Crippen molar-refractivity contribution in [2.75, 3.05) is 7.05 Å². The van der Waals surface area contributed by atoms with Crippen LogP contribution < -0.4 is 5.56 Å². The third kappa shape index (κ3) is 3.22. The quantitative estimate of drug-likeness (QED) is 0.926. The lowest BCUT2D eigenvalue weighted by Crippen LogP contribution is -2.35. The third-order valence-electron chi connectivity index (χ3n) is 4.77. The fraction of sp³-hybridized carbons (Fsp3) is 0.588. The summed E-state index contributed by atoms with van der Waals surface area (Å²) in [6.07, 6.45) is 5.55. The van der Waals surface area contributed by atoms with E-state index in [9.17, 15) is 9.59 Å². The van der Waals surface area contributed by atoms with Crippen molar-refractivity contribution in [1.29, 1.82) is 5.26 Å². The lowest BCUT2D eigenvalue weighted by atomic mass is 9.98. The summed E-state index contributed by atoms with van der Waals surface area (Å²) >= 11 is 0. The second kappa shape index (κ2) is 6.78. The number of carbonyl (C=O) groups excluding carboxylic acids is 1. The molecule has 1 aromatic heterocycles. The minimum absolute atomic E-state index is 0.135. The number of aromatic amines is 1. The lowest BCUT2D eigenvalue weighted by Gasteiger charge is -2.24. The van der Waals surface area contributed by atoms with Crippen LogP contribution in [-0.4, -0.2) is 28.9 Å². The van der Waals surface area contributed by atoms with Crippen molar-refractivity contribution in [3.8, 4) is 6.07 Å². The van der Waals surface area contributed by atoms with E-state index in [0.29, 0.717) is 24.4 Å². The summed E-state index contributed by atoms with van der Waals surface area (Å²) in [6.45, 7) is 3.59. The third-order valence-corrected chi connectivity index (χ3v) is 4.77. The van der Waals surface area contributed by atoms with Crippen molar-refractivity contribution in [1.82, 2.24) is 9.88 Å². The number of pyridine rings is 1. The molecule has 0 saturated heterocycles. The van der Waals surface area contributed by atoms with Gasteiger partial charge in [-0.2, -0.15) is 5.26 Å². The highest BCUT2D eigenvalue weighted by atomic mass is 16.2. The number of nitriles is 1. The van der Waals surface area contributed by atoms with Gasteiger partial charge in [0.15, 0.2) is 0 Å². The molecule has 118 valence electrons. The standard InChI is InChI=1S/C17H23N3O2/c1-11-14(12(2)19-17(22)15(11)10-18)8-9-16(21)20(3)13-6-4-5-7-13/h13H,4-9H2,1-3H3,(H,19,22). The second-order valence-electron chi connectivity index (χ2n) is 6.11. The Kier molecular flexibility index (Phi) is 5.02. The van der Waals surface area contributed by atoms with Gasteiger partial charge in [0.2, 0.25) is 5.91 Å². The molecule has 1 heterocycles. The number of aryl methyl sites for hydroxylation is 1. The Morgan fingerprint density at radius 2 is 2.00 bits per heavy atom. The van der Waals surface area contributed by atoms with Crippen LogP contribution >= 0.6 is 0 Å². The van der Waals surface area contributed by atoms with Crippen molar-refractivity contribution in [2.24, 2.45) is 0 Å². The summed E-state index contributed by atoms with van der Waals surface area (Å²) in [4.78, 5) is 28.6. The first-order chi connectivity index (χ1) is 10.5. The van der Waals surface area contributed by atoms with E-state index in [0.717, 1.165) is 24.1 Å². The molecule has 0 aromatic carbocycles. The van der Waals surface area contributed by atoms with Crippen LogP contribution in [0, 0.1) is 25.2 Å². The Morgan fingerprint density at radius 3 is 2.59 bits per heavy atom. The van der Waals surface area contributed by atoms with Crippen molar-refractivity contribution in [3.05, 3.63) is 32.7 Å². The highest BCUT2D eigenvalue weighted by Gasteiger charge is 2.23. The van der Waals surface area contributed by atoms with Crippen LogP contribution in [0.4, 0.5) is 0 Å². The van der Waals surface area contributed by atoms with Crippen LogP contribution in [0.2, 0.25) is 0 Å². The number of carbonyl (C=O) groups is 1. The largest absolute Gasteiger partial charge is 0.343 e. The SMILES string of the molecule is Cc1[nH]c(=O)c(C#N)c(C)c1CCC(=O)N(C)C1CCCC1. The molecule has 1 fully saturated rings. The van der Waals surface area contributed by atoms with Gasteiger partial charge in [-0.25, -0.2) is 0 Å². The van der Waals surface area contributed by atoms with E-state index in [2.05, 4.69) is 4.98 Å². The monoisotopic (exact) mass is 301 g/mol. The first-order valence-corrected chi connectivity index (χ1v) is 7.83. The Balaban J connectivity index is 2.10. The average Bonchev–Trinajstić information content (AvgIpc) is 3.00. The predicted molar refractivity (Wildman–Crippen MR) is 84.6 cm³/mol. The molecule has 0 spiro atoms. The molecule has 0 aliphatic heterocycles. The van der Waals surface area contributed by atoms with Crippen molar-refractivity contribution in [3.63, 3.8) is 0 Å². The van der Waals surface area contributed by atoms with Crippen molar-refractivity contribution < 1.29 is 4.79 Å². The normalized spacial score (nSPS) is 14.8. The van der Waals surface area contributed by atoms with Gasteiger partial charge in [-0.15, -0.1) is 0 Å². The second-order valence-corrected chi connectivity index (χ2v) is 6.11. The van der Waals surface area contributed by atoms with E-state index in [4.69, 9.17) is 5.26 Å². The summed E-state index contributed by atoms with van der Waals surface area (Å²) in [7, 11) is 1.88. The predicted octanol–water partition coefficient (Wildman–Crippen LogP) is 2.20. The molecule has 0 bridgehead atoms. The zero-order chi connectivity index (χ0) is 16.3. The molecule has 0 unspecified atom stereocenters. The fourth-order valence-corrected chi connectivity index (χ4v) is 3.32. The van der Waals surface area contributed by atoms with Gasteiger partial charge < -0.3 is 9.88 Å². The number of aromatic nitrogens is 1. The number of hydrogen-bond acceptors (Lipinski definition) is 3. The van der Waals surface area contributed by atoms with E-state index in [-0.39, 0.29) is 17.0 Å². The van der Waals surface area contributed by atoms with Crippen LogP contribution in [0.25, 0.3) is 0 Å². The van der Waals surface area contributed by atoms with Gasteiger partial charge >= 0.3 is 0 Å². The molecular weight excluding hydrogens is 278 g/mol. The molecule has 22 heavy (non-hydrogen) atoms. The van der Waals surface area contributed by atoms with E-state index >= 15 is 0 Å². The maximum atomic E-state index is 12.3. The van der Waals surface area contributed by atoms with Gasteiger partial charge in [-0.1, -0.05) is 12.8 Å². The van der Waals surface area contributed by atoms with E-state index in [1.54, 1.807) is 6.92 Å². The molecule has 1 aliphatic rings. The topological polar surface area (TPSA) is 77.0 Å². The maximum absolute atomic E-state index is 12.3. The fourth-order valence-electron chi connectivity index (χ4n) is 3.32. The van der Waals surface area contributed by atoms with Crippen molar-refractivity contribution in [2.45, 2.75) is 58.4 Å². The Bertz CT molecular complexity index is 664.